The van der Waals surface area contributed by atoms with Crippen molar-refractivity contribution >= 4 is 5.97 Å². The molecule has 0 radical (unpaired) electrons. The van der Waals surface area contributed by atoms with Gasteiger partial charge in [-0.2, -0.15) is 0 Å². The number of carbonyl (C=O) groups excluding carboxylic acids is 1. The van der Waals surface area contributed by atoms with Crippen molar-refractivity contribution in [1.29, 1.82) is 0 Å². The highest BCUT2D eigenvalue weighted by molar-refractivity contribution is 5.81. The van der Waals surface area contributed by atoms with Crippen molar-refractivity contribution < 1.29 is 9.53 Å². The Labute approximate surface area is 103 Å². The fourth-order valence-corrected chi connectivity index (χ4v) is 2.49. The highest BCUT2D eigenvalue weighted by Gasteiger charge is 2.49. The van der Waals surface area contributed by atoms with Crippen LogP contribution in [0.3, 0.4) is 0 Å². The molecule has 2 aliphatic rings. The molecule has 0 amide bonds. The monoisotopic (exact) mass is 240 g/mol. The van der Waals surface area contributed by atoms with Crippen LogP contribution in [0.2, 0.25) is 0 Å². The van der Waals surface area contributed by atoms with Crippen LogP contribution in [-0.2, 0) is 9.53 Å². The van der Waals surface area contributed by atoms with Crippen LogP contribution < -0.4 is 5.73 Å². The van der Waals surface area contributed by atoms with Gasteiger partial charge >= 0.3 is 5.97 Å². The van der Waals surface area contributed by atoms with Crippen LogP contribution in [-0.4, -0.2) is 43.2 Å². The van der Waals surface area contributed by atoms with Gasteiger partial charge in [-0.05, 0) is 44.1 Å². The lowest BCUT2D eigenvalue weighted by molar-refractivity contribution is -0.148. The average Bonchev–Trinajstić information content (AvgIpc) is 3.17. The summed E-state index contributed by atoms with van der Waals surface area (Å²) in [4.78, 5) is 14.2. The zero-order valence-corrected chi connectivity index (χ0v) is 10.9. The molecule has 4 nitrogen and oxygen atoms in total. The number of ether oxygens (including phenoxy) is 1. The lowest BCUT2D eigenvalue weighted by Crippen LogP contribution is -2.58. The first-order valence-corrected chi connectivity index (χ1v) is 6.69. The number of rotatable bonds is 7. The second-order valence-electron chi connectivity index (χ2n) is 5.58. The van der Waals surface area contributed by atoms with E-state index in [4.69, 9.17) is 10.5 Å². The van der Waals surface area contributed by atoms with Crippen molar-refractivity contribution in [2.45, 2.75) is 38.1 Å². The van der Waals surface area contributed by atoms with Gasteiger partial charge in [0.15, 0.2) is 0 Å². The van der Waals surface area contributed by atoms with E-state index in [1.54, 1.807) is 0 Å². The number of hydrogen-bond donors (Lipinski definition) is 1. The minimum atomic E-state index is -0.778. The maximum atomic E-state index is 11.9. The quantitative estimate of drug-likeness (QED) is 0.674. The minimum absolute atomic E-state index is 0.241. The molecule has 2 N–H and O–H groups in total. The summed E-state index contributed by atoms with van der Waals surface area (Å²) in [7, 11) is 1.43. The molecule has 0 aliphatic heterocycles. The molecule has 2 rings (SSSR count). The number of nitrogens with zero attached hydrogens (tertiary/aromatic N) is 1. The van der Waals surface area contributed by atoms with Crippen LogP contribution in [0.5, 0.6) is 0 Å². The molecular formula is C13H24N2O2. The van der Waals surface area contributed by atoms with Gasteiger partial charge in [-0.1, -0.05) is 6.92 Å². The van der Waals surface area contributed by atoms with Gasteiger partial charge in [0.1, 0.15) is 5.54 Å². The van der Waals surface area contributed by atoms with Gasteiger partial charge in [0.25, 0.3) is 0 Å². The lowest BCUT2D eigenvalue weighted by Gasteiger charge is -2.32. The van der Waals surface area contributed by atoms with E-state index in [1.165, 1.54) is 20.0 Å². The number of esters is 1. The Kier molecular flexibility index (Phi) is 3.73. The third kappa shape index (κ3) is 2.99. The largest absolute Gasteiger partial charge is 0.468 e. The molecule has 0 saturated heterocycles. The Balaban J connectivity index is 1.96. The minimum Gasteiger partial charge on any atom is -0.468 e. The predicted molar refractivity (Wildman–Crippen MR) is 66.5 cm³/mol. The molecule has 1 atom stereocenters. The lowest BCUT2D eigenvalue weighted by atomic mass is 9.93. The van der Waals surface area contributed by atoms with Gasteiger partial charge in [-0.15, -0.1) is 0 Å². The van der Waals surface area contributed by atoms with Crippen molar-refractivity contribution in [3.63, 3.8) is 0 Å². The van der Waals surface area contributed by atoms with E-state index in [2.05, 4.69) is 11.8 Å². The maximum Gasteiger partial charge on any atom is 0.327 e. The van der Waals surface area contributed by atoms with Crippen LogP contribution >= 0.6 is 0 Å². The van der Waals surface area contributed by atoms with E-state index in [0.717, 1.165) is 31.8 Å². The first-order chi connectivity index (χ1) is 8.10. The predicted octanol–water partition coefficient (Wildman–Crippen LogP) is 0.999. The Bertz CT molecular complexity index is 287. The SMILES string of the molecule is CCN(CC1CC1)CC(N)(C(=O)OC)C1CC1. The Morgan fingerprint density at radius 1 is 1.41 bits per heavy atom. The average molecular weight is 240 g/mol. The van der Waals surface area contributed by atoms with Gasteiger partial charge in [-0.25, -0.2) is 0 Å². The van der Waals surface area contributed by atoms with Crippen LogP contribution in [0, 0.1) is 11.8 Å². The van der Waals surface area contributed by atoms with E-state index in [-0.39, 0.29) is 5.97 Å². The Hall–Kier alpha value is -0.610. The molecule has 0 aromatic rings. The first kappa shape index (κ1) is 12.8. The summed E-state index contributed by atoms with van der Waals surface area (Å²) in [5.74, 6) is 0.911. The van der Waals surface area contributed by atoms with Gasteiger partial charge < -0.3 is 15.4 Å². The van der Waals surface area contributed by atoms with Crippen LogP contribution in [0.1, 0.15) is 32.6 Å². The topological polar surface area (TPSA) is 55.6 Å². The van der Waals surface area contributed by atoms with E-state index in [1.807, 2.05) is 0 Å². The maximum absolute atomic E-state index is 11.9. The van der Waals surface area contributed by atoms with E-state index < -0.39 is 5.54 Å². The molecule has 0 bridgehead atoms. The highest BCUT2D eigenvalue weighted by atomic mass is 16.5. The van der Waals surface area contributed by atoms with Crippen molar-refractivity contribution in [1.82, 2.24) is 4.90 Å². The number of hydrogen-bond acceptors (Lipinski definition) is 4. The standard InChI is InChI=1S/C13H24N2O2/c1-3-15(8-10-4-5-10)9-13(14,11-6-7-11)12(16)17-2/h10-11H,3-9,14H2,1-2H3. The molecule has 2 saturated carbocycles. The molecule has 2 fully saturated rings. The van der Waals surface area contributed by atoms with Crippen molar-refractivity contribution in [2.24, 2.45) is 17.6 Å². The normalized spacial score (nSPS) is 23.5. The Morgan fingerprint density at radius 3 is 2.47 bits per heavy atom. The summed E-state index contributed by atoms with van der Waals surface area (Å²) in [6, 6.07) is 0. The van der Waals surface area contributed by atoms with Gasteiger partial charge in [0.05, 0.1) is 7.11 Å². The summed E-state index contributed by atoms with van der Waals surface area (Å²) in [5, 5.41) is 0. The molecule has 1 unspecified atom stereocenters. The van der Waals surface area contributed by atoms with E-state index >= 15 is 0 Å². The molecule has 0 spiro atoms. The van der Waals surface area contributed by atoms with Crippen molar-refractivity contribution in [3.05, 3.63) is 0 Å². The van der Waals surface area contributed by atoms with Gasteiger partial charge in [0.2, 0.25) is 0 Å². The third-order valence-electron chi connectivity index (χ3n) is 4.02. The molecule has 2 aliphatic carbocycles. The second kappa shape index (κ2) is 4.94. The summed E-state index contributed by atoms with van der Waals surface area (Å²) in [6.45, 7) is 4.82. The molecular weight excluding hydrogens is 216 g/mol. The molecule has 4 heteroatoms. The number of likely N-dealkylation sites (N-methyl/N-ethyl adjacent to an activating group) is 1. The third-order valence-corrected chi connectivity index (χ3v) is 4.02. The number of nitrogens with two attached hydrogens (primary N) is 1. The summed E-state index contributed by atoms with van der Waals surface area (Å²) < 4.78 is 4.89. The van der Waals surface area contributed by atoms with Crippen LogP contribution in [0.4, 0.5) is 0 Å². The summed E-state index contributed by atoms with van der Waals surface area (Å²) >= 11 is 0. The smallest absolute Gasteiger partial charge is 0.327 e. The van der Waals surface area contributed by atoms with E-state index in [0.29, 0.717) is 12.5 Å². The first-order valence-electron chi connectivity index (χ1n) is 6.69. The Morgan fingerprint density at radius 2 is 2.06 bits per heavy atom. The molecule has 17 heavy (non-hydrogen) atoms. The van der Waals surface area contributed by atoms with Gasteiger partial charge in [0, 0.05) is 13.1 Å². The van der Waals surface area contributed by atoms with Crippen molar-refractivity contribution in [2.75, 3.05) is 26.7 Å². The fraction of sp³-hybridized carbons (Fsp3) is 0.923. The molecule has 0 aromatic heterocycles. The van der Waals surface area contributed by atoms with E-state index in [9.17, 15) is 4.79 Å². The molecule has 98 valence electrons. The van der Waals surface area contributed by atoms with Crippen LogP contribution in [0.15, 0.2) is 0 Å². The zero-order valence-electron chi connectivity index (χ0n) is 10.9. The second-order valence-corrected chi connectivity index (χ2v) is 5.58. The zero-order chi connectivity index (χ0) is 12.5. The molecule has 0 heterocycles. The fourth-order valence-electron chi connectivity index (χ4n) is 2.49. The number of methoxy groups -OCH3 is 1. The van der Waals surface area contributed by atoms with Crippen molar-refractivity contribution in [3.8, 4) is 0 Å². The number of carbonyl (C=O) groups is 1. The van der Waals surface area contributed by atoms with Crippen LogP contribution in [0.25, 0.3) is 0 Å². The molecule has 0 aromatic carbocycles. The summed E-state index contributed by atoms with van der Waals surface area (Å²) in [5.41, 5.74) is 5.54. The summed E-state index contributed by atoms with van der Waals surface area (Å²) in [6.07, 6.45) is 4.78. The highest BCUT2D eigenvalue weighted by Crippen LogP contribution is 2.40. The van der Waals surface area contributed by atoms with Gasteiger partial charge in [-0.3, -0.25) is 4.79 Å².